The van der Waals surface area contributed by atoms with Crippen molar-refractivity contribution >= 4 is 17.5 Å². The summed E-state index contributed by atoms with van der Waals surface area (Å²) in [5.74, 6) is 0.421. The van der Waals surface area contributed by atoms with Crippen molar-refractivity contribution in [3.63, 3.8) is 0 Å². The lowest BCUT2D eigenvalue weighted by Crippen LogP contribution is -2.35. The highest BCUT2D eigenvalue weighted by molar-refractivity contribution is 5.99. The van der Waals surface area contributed by atoms with Crippen LogP contribution in [0.15, 0.2) is 48.5 Å². The smallest absolute Gasteiger partial charge is 0.256 e. The van der Waals surface area contributed by atoms with E-state index in [0.29, 0.717) is 24.1 Å². The first-order chi connectivity index (χ1) is 13.0. The molecule has 0 unspecified atom stereocenters. The number of carbonyl (C=O) groups is 2. The van der Waals surface area contributed by atoms with Gasteiger partial charge in [0.2, 0.25) is 0 Å². The first-order valence-electron chi connectivity index (χ1n) is 9.60. The summed E-state index contributed by atoms with van der Waals surface area (Å²) < 4.78 is 0. The molecule has 0 saturated heterocycles. The van der Waals surface area contributed by atoms with Crippen molar-refractivity contribution in [3.05, 3.63) is 65.2 Å². The highest BCUT2D eigenvalue weighted by atomic mass is 16.2. The van der Waals surface area contributed by atoms with Gasteiger partial charge in [0.05, 0.1) is 0 Å². The zero-order valence-corrected chi connectivity index (χ0v) is 15.7. The Balaban J connectivity index is 1.54. The van der Waals surface area contributed by atoms with Gasteiger partial charge in [0.25, 0.3) is 11.8 Å². The van der Waals surface area contributed by atoms with E-state index >= 15 is 0 Å². The molecule has 1 aliphatic heterocycles. The lowest BCUT2D eigenvalue weighted by atomic mass is 10.1. The van der Waals surface area contributed by atoms with Crippen molar-refractivity contribution in [2.24, 2.45) is 5.92 Å². The number of nitrogens with zero attached hydrogens (tertiary/aromatic N) is 1. The van der Waals surface area contributed by atoms with Gasteiger partial charge in [-0.15, -0.1) is 0 Å². The molecule has 1 heterocycles. The van der Waals surface area contributed by atoms with E-state index in [2.05, 4.69) is 24.5 Å². The number of rotatable bonds is 6. The van der Waals surface area contributed by atoms with E-state index in [1.54, 1.807) is 0 Å². The molecule has 2 N–H and O–H groups in total. The number of hydrogen-bond donors (Lipinski definition) is 2. The minimum Gasteiger partial charge on any atom is -0.361 e. The van der Waals surface area contributed by atoms with Gasteiger partial charge in [-0.1, -0.05) is 32.0 Å². The van der Waals surface area contributed by atoms with Gasteiger partial charge in [0.15, 0.2) is 0 Å². The summed E-state index contributed by atoms with van der Waals surface area (Å²) in [4.78, 5) is 26.9. The molecule has 2 aromatic rings. The first kappa shape index (κ1) is 17.6. The van der Waals surface area contributed by atoms with Crippen LogP contribution in [0.3, 0.4) is 0 Å². The molecule has 2 aromatic carbocycles. The first-order valence-corrected chi connectivity index (χ1v) is 9.60. The fraction of sp³-hybridized carbons (Fsp3) is 0.364. The Morgan fingerprint density at radius 2 is 1.81 bits per heavy atom. The second-order valence-corrected chi connectivity index (χ2v) is 7.81. The van der Waals surface area contributed by atoms with E-state index < -0.39 is 0 Å². The van der Waals surface area contributed by atoms with Crippen LogP contribution in [0.1, 0.15) is 59.1 Å². The van der Waals surface area contributed by atoms with Gasteiger partial charge < -0.3 is 15.5 Å². The van der Waals surface area contributed by atoms with Crippen LogP contribution in [0.25, 0.3) is 0 Å². The van der Waals surface area contributed by atoms with Crippen LogP contribution < -0.4 is 10.6 Å². The van der Waals surface area contributed by atoms with Crippen molar-refractivity contribution in [1.82, 2.24) is 10.2 Å². The normalized spacial score (nSPS) is 18.6. The molecule has 5 nitrogen and oxygen atoms in total. The standard InChI is InChI=1S/C22H25N3O2/c1-14(2)13-25-20(18-5-3-4-6-19(18)22(25)27)23-16-9-7-15(8-10-16)21(26)24-17-11-12-17/h3-10,14,17,20,23H,11-13H2,1-2H3,(H,24,26)/t20-/m1/s1. The maximum Gasteiger partial charge on any atom is 0.256 e. The number of anilines is 1. The molecule has 1 aliphatic carbocycles. The number of nitrogens with one attached hydrogen (secondary N) is 2. The molecule has 0 spiro atoms. The predicted octanol–water partition coefficient (Wildman–Crippen LogP) is 3.80. The second kappa shape index (κ2) is 7.06. The van der Waals surface area contributed by atoms with Crippen molar-refractivity contribution in [1.29, 1.82) is 0 Å². The molecule has 4 rings (SSSR count). The second-order valence-electron chi connectivity index (χ2n) is 7.81. The van der Waals surface area contributed by atoms with Gasteiger partial charge in [0, 0.05) is 35.0 Å². The summed E-state index contributed by atoms with van der Waals surface area (Å²) in [7, 11) is 0. The van der Waals surface area contributed by atoms with Crippen LogP contribution in [0.5, 0.6) is 0 Å². The Kier molecular flexibility index (Phi) is 4.60. The Labute approximate surface area is 159 Å². The lowest BCUT2D eigenvalue weighted by Gasteiger charge is -2.28. The summed E-state index contributed by atoms with van der Waals surface area (Å²) >= 11 is 0. The quantitative estimate of drug-likeness (QED) is 0.821. The largest absolute Gasteiger partial charge is 0.361 e. The van der Waals surface area contributed by atoms with Gasteiger partial charge in [-0.2, -0.15) is 0 Å². The van der Waals surface area contributed by atoms with E-state index in [0.717, 1.165) is 29.7 Å². The molecule has 1 fully saturated rings. The topological polar surface area (TPSA) is 61.4 Å². The molecular weight excluding hydrogens is 338 g/mol. The molecule has 0 bridgehead atoms. The molecule has 0 aromatic heterocycles. The molecule has 2 amide bonds. The average Bonchev–Trinajstić information content (AvgIpc) is 3.44. The van der Waals surface area contributed by atoms with Crippen LogP contribution in [-0.4, -0.2) is 29.3 Å². The fourth-order valence-corrected chi connectivity index (χ4v) is 3.48. The van der Waals surface area contributed by atoms with Crippen LogP contribution in [0.4, 0.5) is 5.69 Å². The Hall–Kier alpha value is -2.82. The lowest BCUT2D eigenvalue weighted by molar-refractivity contribution is 0.0720. The molecule has 1 saturated carbocycles. The van der Waals surface area contributed by atoms with Crippen LogP contribution in [-0.2, 0) is 0 Å². The average molecular weight is 363 g/mol. The van der Waals surface area contributed by atoms with Crippen LogP contribution in [0.2, 0.25) is 0 Å². The van der Waals surface area contributed by atoms with E-state index in [-0.39, 0.29) is 18.0 Å². The van der Waals surface area contributed by atoms with Crippen LogP contribution >= 0.6 is 0 Å². The fourth-order valence-electron chi connectivity index (χ4n) is 3.48. The maximum atomic E-state index is 12.8. The van der Waals surface area contributed by atoms with Crippen molar-refractivity contribution in [2.45, 2.75) is 38.9 Å². The zero-order valence-electron chi connectivity index (χ0n) is 15.7. The number of benzene rings is 2. The Bertz CT molecular complexity index is 856. The Morgan fingerprint density at radius 3 is 2.48 bits per heavy atom. The van der Waals surface area contributed by atoms with Gasteiger partial charge in [-0.05, 0) is 49.1 Å². The van der Waals surface area contributed by atoms with Gasteiger partial charge >= 0.3 is 0 Å². The molecule has 140 valence electrons. The molecule has 1 atom stereocenters. The third-order valence-corrected chi connectivity index (χ3v) is 4.98. The maximum absolute atomic E-state index is 12.8. The monoisotopic (exact) mass is 363 g/mol. The molecule has 2 aliphatic rings. The van der Waals surface area contributed by atoms with E-state index in [4.69, 9.17) is 0 Å². The minimum atomic E-state index is -0.192. The highest BCUT2D eigenvalue weighted by Gasteiger charge is 2.36. The zero-order chi connectivity index (χ0) is 19.0. The minimum absolute atomic E-state index is 0.0214. The van der Waals surface area contributed by atoms with Crippen molar-refractivity contribution in [2.75, 3.05) is 11.9 Å². The van der Waals surface area contributed by atoms with E-state index in [1.165, 1.54) is 0 Å². The SMILES string of the molecule is CC(C)CN1C(=O)c2ccccc2[C@@H]1Nc1ccc(C(=O)NC2CC2)cc1. The Morgan fingerprint density at radius 1 is 1.11 bits per heavy atom. The summed E-state index contributed by atoms with van der Waals surface area (Å²) in [5, 5.41) is 6.47. The van der Waals surface area contributed by atoms with E-state index in [1.807, 2.05) is 53.4 Å². The molecule has 5 heteroatoms. The van der Waals surface area contributed by atoms with E-state index in [9.17, 15) is 9.59 Å². The highest BCUT2D eigenvalue weighted by Crippen LogP contribution is 2.34. The number of hydrogen-bond acceptors (Lipinski definition) is 3. The molecular formula is C22H25N3O2. The number of carbonyl (C=O) groups excluding carboxylic acids is 2. The van der Waals surface area contributed by atoms with Gasteiger partial charge in [-0.25, -0.2) is 0 Å². The summed E-state index contributed by atoms with van der Waals surface area (Å²) in [5.41, 5.74) is 3.31. The molecule has 0 radical (unpaired) electrons. The van der Waals surface area contributed by atoms with Crippen molar-refractivity contribution < 1.29 is 9.59 Å². The van der Waals surface area contributed by atoms with Crippen molar-refractivity contribution in [3.8, 4) is 0 Å². The van der Waals surface area contributed by atoms with Gasteiger partial charge in [-0.3, -0.25) is 9.59 Å². The summed E-state index contributed by atoms with van der Waals surface area (Å²) in [6.45, 7) is 4.91. The third-order valence-electron chi connectivity index (χ3n) is 4.98. The summed E-state index contributed by atoms with van der Waals surface area (Å²) in [6, 6.07) is 15.6. The third kappa shape index (κ3) is 3.68. The van der Waals surface area contributed by atoms with Gasteiger partial charge in [0.1, 0.15) is 6.17 Å². The number of fused-ring (bicyclic) bond motifs is 1. The molecule has 27 heavy (non-hydrogen) atoms. The summed E-state index contributed by atoms with van der Waals surface area (Å²) in [6.07, 6.45) is 1.96. The number of amides is 2. The predicted molar refractivity (Wildman–Crippen MR) is 106 cm³/mol. The van der Waals surface area contributed by atoms with Crippen LogP contribution in [0, 0.1) is 5.92 Å².